The van der Waals surface area contributed by atoms with Gasteiger partial charge in [0.1, 0.15) is 37.1 Å². The van der Waals surface area contributed by atoms with E-state index in [0.29, 0.717) is 19.3 Å². The van der Waals surface area contributed by atoms with Crippen molar-refractivity contribution in [1.29, 1.82) is 0 Å². The monoisotopic (exact) mass is 947 g/mol. The summed E-state index contributed by atoms with van der Waals surface area (Å²) in [6.45, 7) is 35.4. The van der Waals surface area contributed by atoms with Gasteiger partial charge in [-0.1, -0.05) is 161 Å². The number of aliphatic hydroxyl groups excluding tert-OH is 1. The normalized spacial score (nSPS) is 13.6. The van der Waals surface area contributed by atoms with E-state index in [9.17, 15) is 34.8 Å². The van der Waals surface area contributed by atoms with Crippen LogP contribution in [0, 0.1) is 5.41 Å². The van der Waals surface area contributed by atoms with Crippen molar-refractivity contribution in [3.05, 3.63) is 86.5 Å². The van der Waals surface area contributed by atoms with Gasteiger partial charge >= 0.3 is 11.9 Å². The van der Waals surface area contributed by atoms with Gasteiger partial charge in [0, 0.05) is 19.3 Å². The maximum atomic E-state index is 13.6. The van der Waals surface area contributed by atoms with Crippen LogP contribution in [0.2, 0.25) is 0 Å². The van der Waals surface area contributed by atoms with Crippen molar-refractivity contribution in [2.45, 2.75) is 202 Å². The Labute approximate surface area is 408 Å². The Morgan fingerprint density at radius 3 is 1.01 bits per heavy atom. The smallest absolute Gasteiger partial charge is 0.306 e. The number of carbonyl (C=O) groups excluding carboxylic acids is 3. The van der Waals surface area contributed by atoms with Crippen molar-refractivity contribution in [2.24, 2.45) is 5.41 Å². The van der Waals surface area contributed by atoms with E-state index in [2.05, 4.69) is 0 Å². The van der Waals surface area contributed by atoms with E-state index < -0.39 is 23.6 Å². The molecule has 1 unspecified atom stereocenters. The van der Waals surface area contributed by atoms with Crippen LogP contribution in [-0.2, 0) is 85.1 Å². The molecule has 3 aromatic carbocycles. The number of hydrogen-bond donors (Lipinski definition) is 4. The molecule has 11 nitrogen and oxygen atoms in total. The van der Waals surface area contributed by atoms with Crippen LogP contribution in [0.4, 0.5) is 0 Å². The zero-order chi connectivity index (χ0) is 52.0. The molecule has 0 fully saturated rings. The molecular formula is C57H86O11. The second-order valence-electron chi connectivity index (χ2n) is 25.2. The molecule has 380 valence electrons. The summed E-state index contributed by atoms with van der Waals surface area (Å²) < 4.78 is 23.1. The minimum absolute atomic E-state index is 0.00863. The van der Waals surface area contributed by atoms with Gasteiger partial charge in [0.15, 0.2) is 6.29 Å². The lowest BCUT2D eigenvalue weighted by Crippen LogP contribution is -2.44. The van der Waals surface area contributed by atoms with Gasteiger partial charge in [-0.05, 0) is 102 Å². The first-order valence-electron chi connectivity index (χ1n) is 24.2. The Morgan fingerprint density at radius 1 is 0.471 bits per heavy atom. The number of phenols is 3. The van der Waals surface area contributed by atoms with Crippen LogP contribution >= 0.6 is 0 Å². The lowest BCUT2D eigenvalue weighted by atomic mass is 9.78. The summed E-state index contributed by atoms with van der Waals surface area (Å²) in [5.41, 5.74) is 3.83. The van der Waals surface area contributed by atoms with Gasteiger partial charge < -0.3 is 39.4 Å². The molecule has 4 N–H and O–H groups in total. The molecular weight excluding hydrogens is 861 g/mol. The minimum Gasteiger partial charge on any atom is -0.507 e. The maximum Gasteiger partial charge on any atom is 0.306 e. The predicted molar refractivity (Wildman–Crippen MR) is 270 cm³/mol. The number of benzene rings is 3. The Balaban J connectivity index is 1.91. The Morgan fingerprint density at radius 2 is 0.750 bits per heavy atom. The van der Waals surface area contributed by atoms with Crippen LogP contribution in [0.5, 0.6) is 17.2 Å². The van der Waals surface area contributed by atoms with Gasteiger partial charge in [0.05, 0.1) is 12.0 Å². The molecule has 3 aromatic rings. The van der Waals surface area contributed by atoms with E-state index in [-0.39, 0.29) is 102 Å². The van der Waals surface area contributed by atoms with Crippen LogP contribution in [0.25, 0.3) is 0 Å². The van der Waals surface area contributed by atoms with Crippen LogP contribution in [0.1, 0.15) is 194 Å². The molecule has 0 aliphatic carbocycles. The molecule has 0 spiro atoms. The van der Waals surface area contributed by atoms with Crippen molar-refractivity contribution in [3.8, 4) is 17.2 Å². The van der Waals surface area contributed by atoms with Crippen molar-refractivity contribution in [1.82, 2.24) is 0 Å². The molecule has 68 heavy (non-hydrogen) atoms. The summed E-state index contributed by atoms with van der Waals surface area (Å²) in [5, 5.41) is 45.0. The van der Waals surface area contributed by atoms with Gasteiger partial charge in [-0.15, -0.1) is 0 Å². The number of phenolic OH excluding ortho intramolecular Hbond substituents is 3. The first-order valence-corrected chi connectivity index (χ1v) is 24.2. The SMILES string of the molecule is CC(C)(C)c1cc(CCC(=O)OCC(COC=O)(COC(=O)CCc2cc(C(C)(C)C)c(O)c(C(C)(C)C)c2)COC(O)CCc2cc(C(C)(C)C)c(O)c(C(C)(C)C)c2)cc(C(C)(C)C)c1O. The molecule has 0 aliphatic rings. The largest absolute Gasteiger partial charge is 0.507 e. The molecule has 0 radical (unpaired) electrons. The third-order valence-corrected chi connectivity index (χ3v) is 12.4. The summed E-state index contributed by atoms with van der Waals surface area (Å²) in [7, 11) is 0. The minimum atomic E-state index is -1.40. The van der Waals surface area contributed by atoms with Crippen molar-refractivity contribution in [3.63, 3.8) is 0 Å². The van der Waals surface area contributed by atoms with Gasteiger partial charge in [0.2, 0.25) is 0 Å². The number of rotatable bonds is 19. The van der Waals surface area contributed by atoms with E-state index in [0.717, 1.165) is 50.1 Å². The fraction of sp³-hybridized carbons (Fsp3) is 0.632. The average molecular weight is 947 g/mol. The second kappa shape index (κ2) is 22.0. The van der Waals surface area contributed by atoms with Crippen LogP contribution < -0.4 is 0 Å². The maximum absolute atomic E-state index is 13.6. The number of ether oxygens (including phenoxy) is 4. The number of aliphatic hydroxyl groups is 1. The number of aromatic hydroxyl groups is 3. The van der Waals surface area contributed by atoms with Gasteiger partial charge in [0.25, 0.3) is 6.47 Å². The summed E-state index contributed by atoms with van der Waals surface area (Å²) >= 11 is 0. The van der Waals surface area contributed by atoms with E-state index in [4.69, 9.17) is 18.9 Å². The molecule has 0 amide bonds. The molecule has 0 bridgehead atoms. The summed E-state index contributed by atoms with van der Waals surface area (Å²) in [6.07, 6.45) is -0.106. The van der Waals surface area contributed by atoms with Gasteiger partial charge in [-0.3, -0.25) is 14.4 Å². The standard InChI is InChI=1S/C57H86O11/c1-51(2,3)39-25-36(26-40(48(39)62)52(4,5)6)19-22-45(59)66-32-57(31-65-35-58,33-67-46(60)23-20-37-27-41(53(7,8)9)49(63)42(28-37)54(10,11)12)34-68-47(61)24-21-38-29-43(55(13,14)15)50(64)44(30-38)56(16,17)18/h25-30,35,45,59,62-64H,19-24,31-34H2,1-18H3. The third-order valence-electron chi connectivity index (χ3n) is 12.4. The van der Waals surface area contributed by atoms with E-state index in [1.165, 1.54) is 0 Å². The zero-order valence-corrected chi connectivity index (χ0v) is 44.8. The first kappa shape index (κ1) is 57.7. The molecule has 1 atom stereocenters. The number of carbonyl (C=O) groups is 3. The molecule has 0 saturated carbocycles. The van der Waals surface area contributed by atoms with E-state index >= 15 is 0 Å². The highest BCUT2D eigenvalue weighted by Gasteiger charge is 2.37. The summed E-state index contributed by atoms with van der Waals surface area (Å²) in [6, 6.07) is 11.6. The lowest BCUT2D eigenvalue weighted by molar-refractivity contribution is -0.178. The van der Waals surface area contributed by atoms with Gasteiger partial charge in [-0.25, -0.2) is 0 Å². The fourth-order valence-corrected chi connectivity index (χ4v) is 8.16. The Bertz CT molecular complexity index is 2000. The predicted octanol–water partition coefficient (Wildman–Crippen LogP) is 11.4. The zero-order valence-electron chi connectivity index (χ0n) is 44.8. The Kier molecular flexibility index (Phi) is 18.7. The first-order chi connectivity index (χ1) is 30.9. The van der Waals surface area contributed by atoms with Gasteiger partial charge in [-0.2, -0.15) is 0 Å². The van der Waals surface area contributed by atoms with E-state index in [1.807, 2.05) is 161 Å². The van der Waals surface area contributed by atoms with E-state index in [1.54, 1.807) is 0 Å². The molecule has 0 aromatic heterocycles. The molecule has 11 heteroatoms. The highest BCUT2D eigenvalue weighted by molar-refractivity contribution is 5.70. The average Bonchev–Trinajstić information content (AvgIpc) is 3.19. The van der Waals surface area contributed by atoms with Crippen molar-refractivity contribution >= 4 is 18.4 Å². The molecule has 0 heterocycles. The lowest BCUT2D eigenvalue weighted by Gasteiger charge is -2.32. The molecule has 0 aliphatic heterocycles. The molecule has 0 saturated heterocycles. The summed E-state index contributed by atoms with van der Waals surface area (Å²) in [4.78, 5) is 38.9. The second-order valence-corrected chi connectivity index (χ2v) is 25.2. The van der Waals surface area contributed by atoms with Crippen LogP contribution in [0.15, 0.2) is 36.4 Å². The molecule has 3 rings (SSSR count). The third kappa shape index (κ3) is 16.2. The summed E-state index contributed by atoms with van der Waals surface area (Å²) in [5.74, 6) is -0.360. The fourth-order valence-electron chi connectivity index (χ4n) is 8.16. The number of hydrogen-bond acceptors (Lipinski definition) is 11. The number of aryl methyl sites for hydroxylation is 3. The Hall–Kier alpha value is -4.61. The van der Waals surface area contributed by atoms with Crippen molar-refractivity contribution < 1.29 is 53.8 Å². The van der Waals surface area contributed by atoms with Crippen LogP contribution in [-0.4, -0.2) is 71.6 Å². The highest BCUT2D eigenvalue weighted by Crippen LogP contribution is 2.43. The number of esters is 2. The quantitative estimate of drug-likeness (QED) is 0.0390. The van der Waals surface area contributed by atoms with Crippen LogP contribution in [0.3, 0.4) is 0 Å². The highest BCUT2D eigenvalue weighted by atomic mass is 16.6. The topological polar surface area (TPSA) is 169 Å². The van der Waals surface area contributed by atoms with Crippen molar-refractivity contribution in [2.75, 3.05) is 26.4 Å².